The molecule has 3 N–H and O–H groups in total. The molecular weight excluding hydrogens is 374 g/mol. The number of hydrogen-bond donors (Lipinski definition) is 3. The van der Waals surface area contributed by atoms with Crippen molar-refractivity contribution < 1.29 is 4.79 Å². The number of hydrazine groups is 1. The van der Waals surface area contributed by atoms with Crippen LogP contribution in [0, 0.1) is 6.92 Å². The van der Waals surface area contributed by atoms with Gasteiger partial charge in [-0.15, -0.1) is 11.3 Å². The van der Waals surface area contributed by atoms with E-state index in [4.69, 9.17) is 12.2 Å². The van der Waals surface area contributed by atoms with Crippen molar-refractivity contribution in [3.63, 3.8) is 0 Å². The van der Waals surface area contributed by atoms with Crippen molar-refractivity contribution in [2.24, 2.45) is 0 Å². The van der Waals surface area contributed by atoms with Crippen LogP contribution in [-0.4, -0.2) is 17.6 Å². The summed E-state index contributed by atoms with van der Waals surface area (Å²) in [6, 6.07) is 20.1. The number of thiocarbonyl (C=S) groups is 1. The lowest BCUT2D eigenvalue weighted by Crippen LogP contribution is -2.47. The molecule has 2 aromatic carbocycles. The normalized spacial score (nSPS) is 10.3. The third-order valence-electron chi connectivity index (χ3n) is 4.11. The molecule has 138 valence electrons. The third kappa shape index (κ3) is 5.15. The third-order valence-corrected chi connectivity index (χ3v) is 5.27. The van der Waals surface area contributed by atoms with Crippen LogP contribution in [0.5, 0.6) is 0 Å². The summed E-state index contributed by atoms with van der Waals surface area (Å²) in [5.74, 6) is -0.203. The Labute approximate surface area is 168 Å². The summed E-state index contributed by atoms with van der Waals surface area (Å²) in [6.07, 6.45) is 0.860. The molecule has 1 aromatic heterocycles. The molecular formula is C21H21N3OS2. The molecule has 0 aliphatic carbocycles. The van der Waals surface area contributed by atoms with E-state index in [1.54, 1.807) is 11.3 Å². The minimum absolute atomic E-state index is 0.203. The zero-order valence-corrected chi connectivity index (χ0v) is 16.6. The van der Waals surface area contributed by atoms with Crippen molar-refractivity contribution in [2.75, 3.05) is 6.54 Å². The molecule has 0 radical (unpaired) electrons. The number of nitrogens with one attached hydrogen (secondary N) is 3. The van der Waals surface area contributed by atoms with Gasteiger partial charge in [0.25, 0.3) is 5.91 Å². The Balaban J connectivity index is 1.53. The van der Waals surface area contributed by atoms with Crippen molar-refractivity contribution in [2.45, 2.75) is 13.3 Å². The van der Waals surface area contributed by atoms with Crippen LogP contribution in [0.25, 0.3) is 11.1 Å². The van der Waals surface area contributed by atoms with Gasteiger partial charge in [-0.2, -0.15) is 0 Å². The zero-order chi connectivity index (χ0) is 19.1. The van der Waals surface area contributed by atoms with Gasteiger partial charge >= 0.3 is 0 Å². The van der Waals surface area contributed by atoms with Gasteiger partial charge in [-0.3, -0.25) is 15.6 Å². The van der Waals surface area contributed by atoms with Crippen LogP contribution >= 0.6 is 23.6 Å². The van der Waals surface area contributed by atoms with Crippen molar-refractivity contribution in [1.82, 2.24) is 16.2 Å². The number of carbonyl (C=O) groups is 1. The second-order valence-electron chi connectivity index (χ2n) is 6.02. The molecule has 0 saturated carbocycles. The first-order valence-electron chi connectivity index (χ1n) is 8.67. The number of amides is 1. The average molecular weight is 396 g/mol. The molecule has 0 aliphatic heterocycles. The zero-order valence-electron chi connectivity index (χ0n) is 15.0. The Kier molecular flexibility index (Phi) is 6.57. The molecule has 0 aliphatic rings. The maximum atomic E-state index is 12.6. The first-order valence-corrected chi connectivity index (χ1v) is 9.95. The fourth-order valence-electron chi connectivity index (χ4n) is 2.78. The van der Waals surface area contributed by atoms with Gasteiger partial charge in [-0.05, 0) is 36.7 Å². The maximum Gasteiger partial charge on any atom is 0.271 e. The van der Waals surface area contributed by atoms with Gasteiger partial charge in [0.15, 0.2) is 5.11 Å². The summed E-state index contributed by atoms with van der Waals surface area (Å²) in [4.78, 5) is 13.7. The Morgan fingerprint density at radius 1 is 1.00 bits per heavy atom. The Hall–Kier alpha value is -2.70. The first-order chi connectivity index (χ1) is 13.1. The molecule has 1 heterocycles. The average Bonchev–Trinajstić information content (AvgIpc) is 3.09. The van der Waals surface area contributed by atoms with Crippen LogP contribution in [-0.2, 0) is 6.42 Å². The van der Waals surface area contributed by atoms with E-state index >= 15 is 0 Å². The molecule has 3 rings (SSSR count). The van der Waals surface area contributed by atoms with Crippen molar-refractivity contribution in [3.8, 4) is 11.1 Å². The van der Waals surface area contributed by atoms with Gasteiger partial charge in [-0.1, -0.05) is 60.7 Å². The summed E-state index contributed by atoms with van der Waals surface area (Å²) >= 11 is 6.80. The molecule has 1 amide bonds. The van der Waals surface area contributed by atoms with E-state index in [1.807, 2.05) is 60.8 Å². The predicted molar refractivity (Wildman–Crippen MR) is 116 cm³/mol. The number of benzene rings is 2. The largest absolute Gasteiger partial charge is 0.361 e. The van der Waals surface area contributed by atoms with Gasteiger partial charge < -0.3 is 5.32 Å². The first kappa shape index (κ1) is 19.1. The SMILES string of the molecule is Cc1scc(C(=O)NNC(=S)NCCc2ccccc2)c1-c1ccccc1. The van der Waals surface area contributed by atoms with E-state index in [-0.39, 0.29) is 5.91 Å². The van der Waals surface area contributed by atoms with Crippen LogP contribution in [0.1, 0.15) is 20.8 Å². The second-order valence-corrected chi connectivity index (χ2v) is 7.51. The highest BCUT2D eigenvalue weighted by atomic mass is 32.1. The molecule has 27 heavy (non-hydrogen) atoms. The smallest absolute Gasteiger partial charge is 0.271 e. The fourth-order valence-corrected chi connectivity index (χ4v) is 3.79. The van der Waals surface area contributed by atoms with Crippen molar-refractivity contribution in [1.29, 1.82) is 0 Å². The monoisotopic (exact) mass is 395 g/mol. The molecule has 0 bridgehead atoms. The van der Waals surface area contributed by atoms with E-state index in [0.717, 1.165) is 22.4 Å². The molecule has 4 nitrogen and oxygen atoms in total. The van der Waals surface area contributed by atoms with E-state index in [2.05, 4.69) is 28.3 Å². The Morgan fingerprint density at radius 3 is 2.37 bits per heavy atom. The predicted octanol–water partition coefficient (Wildman–Crippen LogP) is 4.08. The highest BCUT2D eigenvalue weighted by Gasteiger charge is 2.17. The van der Waals surface area contributed by atoms with E-state index in [9.17, 15) is 4.79 Å². The summed E-state index contributed by atoms with van der Waals surface area (Å²) in [5.41, 5.74) is 9.34. The second kappa shape index (κ2) is 9.30. The minimum Gasteiger partial charge on any atom is -0.361 e. The van der Waals surface area contributed by atoms with Gasteiger partial charge in [0.1, 0.15) is 0 Å². The Morgan fingerprint density at radius 2 is 1.67 bits per heavy atom. The van der Waals surface area contributed by atoms with E-state index in [1.165, 1.54) is 5.56 Å². The Bertz CT molecular complexity index is 908. The summed E-state index contributed by atoms with van der Waals surface area (Å²) < 4.78 is 0. The number of rotatable bonds is 5. The molecule has 6 heteroatoms. The van der Waals surface area contributed by atoms with Crippen LogP contribution in [0.4, 0.5) is 0 Å². The summed E-state index contributed by atoms with van der Waals surface area (Å²) in [5, 5.41) is 5.37. The quantitative estimate of drug-likeness (QED) is 0.450. The van der Waals surface area contributed by atoms with E-state index < -0.39 is 0 Å². The summed E-state index contributed by atoms with van der Waals surface area (Å²) in [6.45, 7) is 2.71. The molecule has 3 aromatic rings. The van der Waals surface area contributed by atoms with Gasteiger partial charge in [0, 0.05) is 22.4 Å². The number of aryl methyl sites for hydroxylation is 1. The number of carbonyl (C=O) groups excluding carboxylic acids is 1. The van der Waals surface area contributed by atoms with Gasteiger partial charge in [-0.25, -0.2) is 0 Å². The lowest BCUT2D eigenvalue weighted by molar-refractivity contribution is 0.0944. The van der Waals surface area contributed by atoms with Crippen molar-refractivity contribution >= 4 is 34.6 Å². The maximum absolute atomic E-state index is 12.6. The summed E-state index contributed by atoms with van der Waals surface area (Å²) in [7, 11) is 0. The lowest BCUT2D eigenvalue weighted by atomic mass is 10.0. The van der Waals surface area contributed by atoms with Gasteiger partial charge in [0.05, 0.1) is 5.56 Å². The number of hydrogen-bond acceptors (Lipinski definition) is 3. The fraction of sp³-hybridized carbons (Fsp3) is 0.143. The van der Waals surface area contributed by atoms with Crippen LogP contribution in [0.3, 0.4) is 0 Å². The molecule has 0 fully saturated rings. The molecule has 0 atom stereocenters. The molecule has 0 unspecified atom stereocenters. The minimum atomic E-state index is -0.203. The standard InChI is InChI=1S/C21H21N3OS2/c1-15-19(17-10-6-3-7-11-17)18(14-27-15)20(25)23-24-21(26)22-13-12-16-8-4-2-5-9-16/h2-11,14H,12-13H2,1H3,(H,23,25)(H2,22,24,26). The van der Waals surface area contributed by atoms with Crippen LogP contribution in [0.15, 0.2) is 66.0 Å². The highest BCUT2D eigenvalue weighted by Crippen LogP contribution is 2.32. The van der Waals surface area contributed by atoms with Crippen molar-refractivity contribution in [3.05, 3.63) is 82.0 Å². The highest BCUT2D eigenvalue weighted by molar-refractivity contribution is 7.80. The van der Waals surface area contributed by atoms with Crippen LogP contribution < -0.4 is 16.2 Å². The van der Waals surface area contributed by atoms with Crippen LogP contribution in [0.2, 0.25) is 0 Å². The van der Waals surface area contributed by atoms with Gasteiger partial charge in [0.2, 0.25) is 0 Å². The lowest BCUT2D eigenvalue weighted by Gasteiger charge is -2.12. The molecule has 0 saturated heterocycles. The van der Waals surface area contributed by atoms with E-state index in [0.29, 0.717) is 17.2 Å². The topological polar surface area (TPSA) is 53.2 Å². The number of thiophene rings is 1. The molecule has 0 spiro atoms.